The van der Waals surface area contributed by atoms with E-state index in [1.165, 1.54) is 16.0 Å². The van der Waals surface area contributed by atoms with Crippen molar-refractivity contribution >= 4 is 5.91 Å². The minimum Gasteiger partial charge on any atom is -0.340 e. The molecule has 0 bridgehead atoms. The predicted molar refractivity (Wildman–Crippen MR) is 112 cm³/mol. The molecule has 1 aliphatic heterocycles. The number of carbonyl (C=O) groups excluding carboxylic acids is 1. The van der Waals surface area contributed by atoms with Gasteiger partial charge in [0.25, 0.3) is 5.91 Å². The molecule has 0 fully saturated rings. The van der Waals surface area contributed by atoms with E-state index in [1.807, 2.05) is 43.3 Å². The fourth-order valence-electron chi connectivity index (χ4n) is 4.07. The second kappa shape index (κ2) is 8.41. The van der Waals surface area contributed by atoms with Crippen molar-refractivity contribution in [2.45, 2.75) is 32.0 Å². The quantitative estimate of drug-likeness (QED) is 0.710. The van der Waals surface area contributed by atoms with Gasteiger partial charge in [0.05, 0.1) is 12.6 Å². The molecule has 4 rings (SSSR count). The summed E-state index contributed by atoms with van der Waals surface area (Å²) in [6.07, 6.45) is 1.03. The Morgan fingerprint density at radius 2 is 1.36 bits per heavy atom. The van der Waals surface area contributed by atoms with Crippen molar-refractivity contribution in [2.75, 3.05) is 6.54 Å². The van der Waals surface area contributed by atoms with Crippen LogP contribution in [0.3, 0.4) is 0 Å². The van der Waals surface area contributed by atoms with Gasteiger partial charge in [0.2, 0.25) is 0 Å². The molecular weight excluding hydrogens is 344 g/mol. The minimum atomic E-state index is -0.131. The monoisotopic (exact) mass is 371 g/mol. The molecule has 28 heavy (non-hydrogen) atoms. The number of hydrogen-bond acceptors (Lipinski definition) is 1. The third-order valence-corrected chi connectivity index (χ3v) is 5.81. The Morgan fingerprint density at radius 3 is 1.96 bits per heavy atom. The standard InChI is InChI=1S/C25H26N2O/c1-19(27-17-16-20-10-8-9-15-23(20)18-27)25(28)26-24(21-11-4-2-5-12-21)22-13-6-3-7-14-22/h2-15,19,24H,16-18H2,1H3,(H,26,28)/p+1/t19-/m0/s1. The van der Waals surface area contributed by atoms with Gasteiger partial charge < -0.3 is 10.2 Å². The fraction of sp³-hybridized carbons (Fsp3) is 0.240. The molecule has 1 amide bonds. The van der Waals surface area contributed by atoms with Gasteiger partial charge in [0.1, 0.15) is 6.54 Å². The summed E-state index contributed by atoms with van der Waals surface area (Å²) in [6, 6.07) is 28.8. The van der Waals surface area contributed by atoms with Crippen molar-refractivity contribution < 1.29 is 9.69 Å². The first-order chi connectivity index (χ1) is 13.7. The summed E-state index contributed by atoms with van der Waals surface area (Å²) in [5, 5.41) is 3.31. The van der Waals surface area contributed by atoms with Crippen LogP contribution in [0.5, 0.6) is 0 Å². The molecule has 0 spiro atoms. The summed E-state index contributed by atoms with van der Waals surface area (Å²) in [6.45, 7) is 3.95. The number of amides is 1. The summed E-state index contributed by atoms with van der Waals surface area (Å²) in [4.78, 5) is 14.5. The van der Waals surface area contributed by atoms with Crippen LogP contribution in [0.15, 0.2) is 84.9 Å². The Kier molecular flexibility index (Phi) is 5.54. The zero-order valence-electron chi connectivity index (χ0n) is 16.3. The van der Waals surface area contributed by atoms with Gasteiger partial charge in [-0.3, -0.25) is 4.79 Å². The highest BCUT2D eigenvalue weighted by Crippen LogP contribution is 2.21. The summed E-state index contributed by atoms with van der Waals surface area (Å²) < 4.78 is 0. The van der Waals surface area contributed by atoms with Crippen LogP contribution in [0.25, 0.3) is 0 Å². The number of hydrogen-bond donors (Lipinski definition) is 2. The van der Waals surface area contributed by atoms with Crippen LogP contribution in [0.2, 0.25) is 0 Å². The topological polar surface area (TPSA) is 33.5 Å². The smallest absolute Gasteiger partial charge is 0.278 e. The van der Waals surface area contributed by atoms with Gasteiger partial charge in [-0.05, 0) is 23.6 Å². The lowest BCUT2D eigenvalue weighted by atomic mass is 9.97. The van der Waals surface area contributed by atoms with Gasteiger partial charge in [0.15, 0.2) is 6.04 Å². The number of carbonyl (C=O) groups is 1. The van der Waals surface area contributed by atoms with E-state index in [0.29, 0.717) is 0 Å². The lowest BCUT2D eigenvalue weighted by Crippen LogP contribution is -3.16. The lowest BCUT2D eigenvalue weighted by Gasteiger charge is -2.31. The van der Waals surface area contributed by atoms with Crippen molar-refractivity contribution in [2.24, 2.45) is 0 Å². The van der Waals surface area contributed by atoms with Gasteiger partial charge >= 0.3 is 0 Å². The number of benzene rings is 3. The first-order valence-corrected chi connectivity index (χ1v) is 10.0. The van der Waals surface area contributed by atoms with Gasteiger partial charge in [-0.15, -0.1) is 0 Å². The number of quaternary nitrogens is 1. The molecule has 2 atom stereocenters. The molecule has 142 valence electrons. The molecule has 0 aromatic heterocycles. The fourth-order valence-corrected chi connectivity index (χ4v) is 4.07. The van der Waals surface area contributed by atoms with Crippen LogP contribution in [0.4, 0.5) is 0 Å². The van der Waals surface area contributed by atoms with E-state index in [4.69, 9.17) is 0 Å². The molecule has 0 saturated carbocycles. The second-order valence-electron chi connectivity index (χ2n) is 7.59. The molecule has 1 aliphatic rings. The Bertz CT molecular complexity index is 884. The van der Waals surface area contributed by atoms with Crippen molar-refractivity contribution in [3.05, 3.63) is 107 Å². The normalized spacial score (nSPS) is 17.0. The molecule has 0 saturated heterocycles. The molecule has 0 radical (unpaired) electrons. The van der Waals surface area contributed by atoms with E-state index >= 15 is 0 Å². The van der Waals surface area contributed by atoms with Crippen LogP contribution >= 0.6 is 0 Å². The van der Waals surface area contributed by atoms with Crippen molar-refractivity contribution in [3.8, 4) is 0 Å². The molecule has 0 aliphatic carbocycles. The van der Waals surface area contributed by atoms with E-state index in [0.717, 1.165) is 30.6 Å². The van der Waals surface area contributed by atoms with Crippen LogP contribution in [0, 0.1) is 0 Å². The largest absolute Gasteiger partial charge is 0.340 e. The first kappa shape index (κ1) is 18.5. The van der Waals surface area contributed by atoms with E-state index in [2.05, 4.69) is 53.8 Å². The molecule has 3 nitrogen and oxygen atoms in total. The van der Waals surface area contributed by atoms with Gasteiger partial charge in [-0.1, -0.05) is 84.9 Å². The molecule has 1 heterocycles. The third kappa shape index (κ3) is 4.00. The molecular formula is C25H27N2O+. The highest BCUT2D eigenvalue weighted by molar-refractivity contribution is 5.81. The maximum Gasteiger partial charge on any atom is 0.278 e. The Balaban J connectivity index is 1.52. The van der Waals surface area contributed by atoms with Crippen molar-refractivity contribution in [3.63, 3.8) is 0 Å². The lowest BCUT2D eigenvalue weighted by molar-refractivity contribution is -0.929. The highest BCUT2D eigenvalue weighted by atomic mass is 16.2. The summed E-state index contributed by atoms with van der Waals surface area (Å²) in [7, 11) is 0. The zero-order valence-corrected chi connectivity index (χ0v) is 16.3. The van der Waals surface area contributed by atoms with Gasteiger partial charge in [0, 0.05) is 12.0 Å². The molecule has 3 aromatic carbocycles. The second-order valence-corrected chi connectivity index (χ2v) is 7.59. The predicted octanol–water partition coefficient (Wildman–Crippen LogP) is 2.92. The number of nitrogens with one attached hydrogen (secondary N) is 2. The van der Waals surface area contributed by atoms with Crippen LogP contribution in [0.1, 0.15) is 35.2 Å². The molecule has 2 N–H and O–H groups in total. The van der Waals surface area contributed by atoms with E-state index in [-0.39, 0.29) is 18.0 Å². The summed E-state index contributed by atoms with van der Waals surface area (Å²) in [5.41, 5.74) is 5.00. The Labute approximate surface area is 167 Å². The number of rotatable bonds is 5. The zero-order chi connectivity index (χ0) is 19.3. The van der Waals surface area contributed by atoms with E-state index < -0.39 is 0 Å². The molecule has 3 heteroatoms. The van der Waals surface area contributed by atoms with Crippen LogP contribution in [-0.2, 0) is 17.8 Å². The van der Waals surface area contributed by atoms with Crippen LogP contribution < -0.4 is 10.2 Å². The van der Waals surface area contributed by atoms with Crippen LogP contribution in [-0.4, -0.2) is 18.5 Å². The van der Waals surface area contributed by atoms with Crippen molar-refractivity contribution in [1.82, 2.24) is 5.32 Å². The maximum atomic E-state index is 13.2. The Morgan fingerprint density at radius 1 is 0.821 bits per heavy atom. The SMILES string of the molecule is C[C@@H](C(=O)NC(c1ccccc1)c1ccccc1)[NH+]1CCc2ccccc2C1. The summed E-state index contributed by atoms with van der Waals surface area (Å²) >= 11 is 0. The summed E-state index contributed by atoms with van der Waals surface area (Å²) in [5.74, 6) is 0.104. The molecule has 1 unspecified atom stereocenters. The molecule has 3 aromatic rings. The average molecular weight is 372 g/mol. The van der Waals surface area contributed by atoms with Gasteiger partial charge in [-0.25, -0.2) is 0 Å². The van der Waals surface area contributed by atoms with E-state index in [1.54, 1.807) is 0 Å². The van der Waals surface area contributed by atoms with Gasteiger partial charge in [-0.2, -0.15) is 0 Å². The maximum absolute atomic E-state index is 13.2. The van der Waals surface area contributed by atoms with E-state index in [9.17, 15) is 4.79 Å². The Hall–Kier alpha value is -2.91. The number of fused-ring (bicyclic) bond motifs is 1. The first-order valence-electron chi connectivity index (χ1n) is 10.0. The van der Waals surface area contributed by atoms with Crippen molar-refractivity contribution in [1.29, 1.82) is 0 Å². The highest BCUT2D eigenvalue weighted by Gasteiger charge is 2.30. The third-order valence-electron chi connectivity index (χ3n) is 5.81. The average Bonchev–Trinajstić information content (AvgIpc) is 2.77. The minimum absolute atomic E-state index is 0.0942.